The number of fused-ring (bicyclic) bond motifs is 2. The molecule has 0 spiro atoms. The number of nitrogens with one attached hydrogen (secondary N) is 2. The zero-order valence-electron chi connectivity index (χ0n) is 29.7. The SMILES string of the molecule is Nc1ncnc2nc(C3C(c4nc5ncnc(N)c5[nH]4)C(c4ccc5ccc6cccc7ccc4c5c67)C3c3ccc4ccc5cccc6ccc3c4c56)[nH]c12. The summed E-state index contributed by atoms with van der Waals surface area (Å²) in [4.78, 5) is 35.1. The van der Waals surface area contributed by atoms with E-state index in [0.29, 0.717) is 34.0 Å². The van der Waals surface area contributed by atoms with Gasteiger partial charge >= 0.3 is 0 Å². The Bertz CT molecular complexity index is 3300. The second-order valence-corrected chi connectivity index (χ2v) is 15.3. The van der Waals surface area contributed by atoms with E-state index in [-0.39, 0.29) is 23.7 Å². The smallest absolute Gasteiger partial charge is 0.183 e. The van der Waals surface area contributed by atoms with Gasteiger partial charge in [-0.1, -0.05) is 109 Å². The molecule has 10 heteroatoms. The van der Waals surface area contributed by atoms with E-state index < -0.39 is 0 Å². The van der Waals surface area contributed by atoms with Gasteiger partial charge in [0.1, 0.15) is 35.3 Å². The standard InChI is InChI=1S/C46H30N10/c47-41-39-45(51-19-49-41)55-43(53-39)37-35(29-17-13-25-9-7-21-3-1-5-23-11-15-27(29)33(25)31(21)23)36(38(37)44-54-40-42(48)50-20-52-46(40)56-44)30-18-14-26-10-8-22-4-2-6-24-12-16-28(30)34(26)32(22)24/h1-20,35-38H,(H3,47,49,51,53,55)(H3,48,50,52,54,56). The number of nitrogens with two attached hydrogens (primary N) is 2. The predicted octanol–water partition coefficient (Wildman–Crippen LogP) is 9.43. The maximum Gasteiger partial charge on any atom is 0.183 e. The Morgan fingerprint density at radius 3 is 1.18 bits per heavy atom. The lowest BCUT2D eigenvalue weighted by Gasteiger charge is -2.52. The van der Waals surface area contributed by atoms with E-state index in [0.717, 1.165) is 11.6 Å². The quantitative estimate of drug-likeness (QED) is 0.131. The number of nitrogens with zero attached hydrogens (tertiary/aromatic N) is 6. The average Bonchev–Trinajstić information content (AvgIpc) is 3.85. The molecule has 10 nitrogen and oxygen atoms in total. The molecule has 4 aromatic heterocycles. The summed E-state index contributed by atoms with van der Waals surface area (Å²) in [5, 5.41) is 15.0. The molecule has 264 valence electrons. The van der Waals surface area contributed by atoms with E-state index in [1.165, 1.54) is 88.4 Å². The van der Waals surface area contributed by atoms with Gasteiger partial charge in [-0.15, -0.1) is 0 Å². The number of anilines is 2. The molecule has 1 aliphatic carbocycles. The van der Waals surface area contributed by atoms with E-state index >= 15 is 0 Å². The molecular weight excluding hydrogens is 693 g/mol. The van der Waals surface area contributed by atoms with Crippen LogP contribution in [0, 0.1) is 0 Å². The van der Waals surface area contributed by atoms with E-state index in [4.69, 9.17) is 21.4 Å². The second-order valence-electron chi connectivity index (χ2n) is 15.3. The van der Waals surface area contributed by atoms with Crippen molar-refractivity contribution in [3.05, 3.63) is 145 Å². The summed E-state index contributed by atoms with van der Waals surface area (Å²) >= 11 is 0. The maximum atomic E-state index is 6.43. The minimum absolute atomic E-state index is 0.0468. The highest BCUT2D eigenvalue weighted by Gasteiger charge is 2.56. The molecule has 0 bridgehead atoms. The summed E-state index contributed by atoms with van der Waals surface area (Å²) < 4.78 is 0. The molecule has 6 N–H and O–H groups in total. The van der Waals surface area contributed by atoms with Crippen LogP contribution in [0.5, 0.6) is 0 Å². The highest BCUT2D eigenvalue weighted by molar-refractivity contribution is 6.25. The molecule has 56 heavy (non-hydrogen) atoms. The number of nitrogen functional groups attached to an aromatic ring is 2. The first-order chi connectivity index (χ1) is 27.6. The second kappa shape index (κ2) is 10.6. The molecule has 4 atom stereocenters. The topological polar surface area (TPSA) is 161 Å². The molecular formula is C46H30N10. The molecule has 1 aliphatic rings. The highest BCUT2D eigenvalue weighted by Crippen LogP contribution is 2.67. The predicted molar refractivity (Wildman–Crippen MR) is 223 cm³/mol. The molecule has 1 fully saturated rings. The van der Waals surface area contributed by atoms with Gasteiger partial charge in [0.25, 0.3) is 0 Å². The van der Waals surface area contributed by atoms with E-state index in [1.807, 2.05) is 0 Å². The number of aromatic nitrogens is 8. The summed E-state index contributed by atoms with van der Waals surface area (Å²) in [7, 11) is 0. The first-order valence-corrected chi connectivity index (χ1v) is 18.8. The van der Waals surface area contributed by atoms with Crippen LogP contribution in [0.2, 0.25) is 0 Å². The summed E-state index contributed by atoms with van der Waals surface area (Å²) in [5.41, 5.74) is 17.7. The third-order valence-corrected chi connectivity index (χ3v) is 12.7. The van der Waals surface area contributed by atoms with Gasteiger partial charge in [0, 0.05) is 23.7 Å². The van der Waals surface area contributed by atoms with Crippen LogP contribution in [0.15, 0.2) is 122 Å². The molecule has 0 amide bonds. The molecule has 12 aromatic rings. The van der Waals surface area contributed by atoms with Crippen molar-refractivity contribution in [2.75, 3.05) is 11.5 Å². The van der Waals surface area contributed by atoms with Gasteiger partial charge in [-0.3, -0.25) is 0 Å². The molecule has 8 aromatic carbocycles. The van der Waals surface area contributed by atoms with Gasteiger partial charge in [-0.2, -0.15) is 0 Å². The lowest BCUT2D eigenvalue weighted by molar-refractivity contribution is 0.216. The fraction of sp³-hybridized carbons (Fsp3) is 0.0870. The summed E-state index contributed by atoms with van der Waals surface area (Å²) in [6, 6.07) is 40.4. The van der Waals surface area contributed by atoms with Crippen LogP contribution >= 0.6 is 0 Å². The first-order valence-electron chi connectivity index (χ1n) is 18.8. The van der Waals surface area contributed by atoms with Gasteiger partial charge in [0.15, 0.2) is 22.9 Å². The highest BCUT2D eigenvalue weighted by atomic mass is 15.1. The lowest BCUT2D eigenvalue weighted by atomic mass is 9.51. The van der Waals surface area contributed by atoms with Gasteiger partial charge in [0.05, 0.1) is 0 Å². The molecule has 4 heterocycles. The van der Waals surface area contributed by atoms with Gasteiger partial charge in [0.2, 0.25) is 0 Å². The van der Waals surface area contributed by atoms with Crippen molar-refractivity contribution in [1.29, 1.82) is 0 Å². The first kappa shape index (κ1) is 29.9. The fourth-order valence-corrected chi connectivity index (χ4v) is 10.3. The third-order valence-electron chi connectivity index (χ3n) is 12.7. The van der Waals surface area contributed by atoms with Crippen molar-refractivity contribution in [2.24, 2.45) is 0 Å². The Hall–Kier alpha value is -7.46. The Morgan fingerprint density at radius 1 is 0.393 bits per heavy atom. The monoisotopic (exact) mass is 722 g/mol. The van der Waals surface area contributed by atoms with Crippen molar-refractivity contribution in [3.63, 3.8) is 0 Å². The summed E-state index contributed by atoms with van der Waals surface area (Å²) in [6.07, 6.45) is 2.93. The summed E-state index contributed by atoms with van der Waals surface area (Å²) in [6.45, 7) is 0. The number of imidazole rings is 2. The number of hydrogen-bond acceptors (Lipinski definition) is 8. The fourth-order valence-electron chi connectivity index (χ4n) is 10.3. The molecule has 13 rings (SSSR count). The third kappa shape index (κ3) is 3.84. The maximum absolute atomic E-state index is 6.43. The number of aromatic amines is 2. The Labute approximate surface area is 317 Å². The molecule has 1 saturated carbocycles. The van der Waals surface area contributed by atoms with Crippen LogP contribution in [-0.2, 0) is 0 Å². The van der Waals surface area contributed by atoms with Crippen LogP contribution in [0.3, 0.4) is 0 Å². The van der Waals surface area contributed by atoms with Crippen molar-refractivity contribution >= 4 is 98.6 Å². The van der Waals surface area contributed by atoms with Crippen LogP contribution in [-0.4, -0.2) is 39.9 Å². The van der Waals surface area contributed by atoms with Crippen LogP contribution in [0.1, 0.15) is 46.4 Å². The minimum Gasteiger partial charge on any atom is -0.382 e. The van der Waals surface area contributed by atoms with Gasteiger partial charge < -0.3 is 21.4 Å². The zero-order valence-corrected chi connectivity index (χ0v) is 29.7. The number of rotatable bonds is 4. The van der Waals surface area contributed by atoms with Gasteiger partial charge in [-0.05, 0) is 75.8 Å². The van der Waals surface area contributed by atoms with Crippen LogP contribution < -0.4 is 11.5 Å². The minimum atomic E-state index is -0.180. The van der Waals surface area contributed by atoms with Crippen molar-refractivity contribution in [2.45, 2.75) is 23.7 Å². The van der Waals surface area contributed by atoms with Gasteiger partial charge in [-0.25, -0.2) is 29.9 Å². The number of benzene rings is 8. The Morgan fingerprint density at radius 2 is 0.768 bits per heavy atom. The van der Waals surface area contributed by atoms with Crippen LogP contribution in [0.25, 0.3) is 87.0 Å². The molecule has 0 radical (unpaired) electrons. The molecule has 0 aliphatic heterocycles. The summed E-state index contributed by atoms with van der Waals surface area (Å²) in [5.74, 6) is 1.82. The zero-order chi connectivity index (χ0) is 36.8. The average molecular weight is 723 g/mol. The van der Waals surface area contributed by atoms with E-state index in [9.17, 15) is 0 Å². The molecule has 0 saturated heterocycles. The van der Waals surface area contributed by atoms with E-state index in [2.05, 4.69) is 139 Å². The normalized spacial score (nSPS) is 18.9. The lowest BCUT2D eigenvalue weighted by Crippen LogP contribution is -2.41. The number of H-pyrrole nitrogens is 2. The largest absolute Gasteiger partial charge is 0.382 e. The number of hydrogen-bond donors (Lipinski definition) is 4. The Balaban J connectivity index is 1.14. The Kier molecular flexibility index (Phi) is 5.67. The van der Waals surface area contributed by atoms with Crippen molar-refractivity contribution in [1.82, 2.24) is 39.9 Å². The van der Waals surface area contributed by atoms with Crippen molar-refractivity contribution in [3.8, 4) is 0 Å². The van der Waals surface area contributed by atoms with E-state index in [1.54, 1.807) is 0 Å². The van der Waals surface area contributed by atoms with Crippen molar-refractivity contribution < 1.29 is 0 Å². The van der Waals surface area contributed by atoms with Crippen LogP contribution in [0.4, 0.5) is 11.6 Å². The molecule has 4 unspecified atom stereocenters.